The number of amides is 4. The summed E-state index contributed by atoms with van der Waals surface area (Å²) in [6.45, 7) is -0.0807. The van der Waals surface area contributed by atoms with Crippen molar-refractivity contribution in [1.29, 1.82) is 0 Å². The third-order valence-corrected chi connectivity index (χ3v) is 3.21. The second-order valence-electron chi connectivity index (χ2n) is 4.85. The minimum Gasteiger partial charge on any atom is -0.394 e. The minimum absolute atomic E-state index is 0.147. The Balaban J connectivity index is 1.83. The number of hydrogen-bond acceptors (Lipinski definition) is 4. The number of nitrogens with one attached hydrogen (secondary N) is 4. The van der Waals surface area contributed by atoms with Gasteiger partial charge < -0.3 is 26.4 Å². The van der Waals surface area contributed by atoms with Gasteiger partial charge in [-0.25, -0.2) is 4.79 Å². The molecular formula is C14H18N4O4. The van der Waals surface area contributed by atoms with E-state index in [4.69, 9.17) is 0 Å². The van der Waals surface area contributed by atoms with Crippen LogP contribution in [0.15, 0.2) is 30.3 Å². The van der Waals surface area contributed by atoms with Gasteiger partial charge in [-0.15, -0.1) is 0 Å². The van der Waals surface area contributed by atoms with Crippen LogP contribution in [0.25, 0.3) is 0 Å². The summed E-state index contributed by atoms with van der Waals surface area (Å²) in [4.78, 5) is 34.8. The minimum atomic E-state index is -1.06. The maximum Gasteiger partial charge on any atom is 0.315 e. The Bertz CT molecular complexity index is 549. The van der Waals surface area contributed by atoms with Gasteiger partial charge in [0.2, 0.25) is 11.8 Å². The average molecular weight is 306 g/mol. The topological polar surface area (TPSA) is 120 Å². The van der Waals surface area contributed by atoms with Crippen LogP contribution in [0.1, 0.15) is 5.56 Å². The van der Waals surface area contributed by atoms with Crippen molar-refractivity contribution in [3.05, 3.63) is 35.9 Å². The molecule has 2 atom stereocenters. The normalized spacial score (nSPS) is 18.0. The first-order valence-electron chi connectivity index (χ1n) is 6.87. The third-order valence-electron chi connectivity index (χ3n) is 3.21. The van der Waals surface area contributed by atoms with Crippen LogP contribution < -0.4 is 21.3 Å². The van der Waals surface area contributed by atoms with Gasteiger partial charge in [0.15, 0.2) is 0 Å². The van der Waals surface area contributed by atoms with Crippen LogP contribution in [0, 0.1) is 0 Å². The fourth-order valence-corrected chi connectivity index (χ4v) is 1.99. The fraction of sp³-hybridized carbons (Fsp3) is 0.357. The molecule has 1 aliphatic rings. The molecule has 1 aromatic carbocycles. The molecule has 118 valence electrons. The van der Waals surface area contributed by atoms with Crippen molar-refractivity contribution >= 4 is 17.8 Å². The van der Waals surface area contributed by atoms with Crippen molar-refractivity contribution in [2.75, 3.05) is 13.2 Å². The molecular weight excluding hydrogens is 288 g/mol. The van der Waals surface area contributed by atoms with Crippen LogP contribution in [0.4, 0.5) is 4.79 Å². The van der Waals surface area contributed by atoms with Gasteiger partial charge in [0.1, 0.15) is 12.1 Å². The van der Waals surface area contributed by atoms with Crippen molar-refractivity contribution in [3.8, 4) is 0 Å². The van der Waals surface area contributed by atoms with Crippen LogP contribution in [0.5, 0.6) is 0 Å². The Labute approximate surface area is 127 Å². The highest BCUT2D eigenvalue weighted by atomic mass is 16.3. The molecule has 5 N–H and O–H groups in total. The lowest BCUT2D eigenvalue weighted by molar-refractivity contribution is -0.130. The zero-order valence-corrected chi connectivity index (χ0v) is 11.8. The third kappa shape index (κ3) is 4.19. The summed E-state index contributed by atoms with van der Waals surface area (Å²) in [5.41, 5.74) is 0.908. The summed E-state index contributed by atoms with van der Waals surface area (Å²) in [6, 6.07) is 7.03. The summed E-state index contributed by atoms with van der Waals surface area (Å²) in [5.74, 6) is -1.01. The van der Waals surface area contributed by atoms with Gasteiger partial charge in [0, 0.05) is 13.1 Å². The second-order valence-corrected chi connectivity index (χ2v) is 4.85. The van der Waals surface area contributed by atoms with Gasteiger partial charge in [0.05, 0.1) is 6.61 Å². The molecule has 2 rings (SSSR count). The molecule has 1 saturated heterocycles. The summed E-state index contributed by atoms with van der Waals surface area (Å²) in [5, 5.41) is 19.2. The molecule has 1 heterocycles. The van der Waals surface area contributed by atoms with Crippen molar-refractivity contribution in [1.82, 2.24) is 21.3 Å². The number of hydrogen-bond donors (Lipinski definition) is 5. The highest BCUT2D eigenvalue weighted by Crippen LogP contribution is 1.98. The average Bonchev–Trinajstić information content (AvgIpc) is 2.97. The largest absolute Gasteiger partial charge is 0.394 e. The van der Waals surface area contributed by atoms with Crippen molar-refractivity contribution in [2.24, 2.45) is 0 Å². The predicted molar refractivity (Wildman–Crippen MR) is 77.6 cm³/mol. The van der Waals surface area contributed by atoms with E-state index in [1.165, 1.54) is 0 Å². The molecule has 0 spiro atoms. The van der Waals surface area contributed by atoms with Gasteiger partial charge in [-0.3, -0.25) is 9.59 Å². The smallest absolute Gasteiger partial charge is 0.315 e. The van der Waals surface area contributed by atoms with Gasteiger partial charge >= 0.3 is 6.03 Å². The van der Waals surface area contributed by atoms with Crippen molar-refractivity contribution in [2.45, 2.75) is 18.6 Å². The van der Waals surface area contributed by atoms with Crippen molar-refractivity contribution in [3.63, 3.8) is 0 Å². The molecule has 1 aromatic rings. The molecule has 8 nitrogen and oxygen atoms in total. The van der Waals surface area contributed by atoms with Crippen LogP contribution in [0.3, 0.4) is 0 Å². The van der Waals surface area contributed by atoms with Crippen LogP contribution in [-0.4, -0.2) is 48.2 Å². The molecule has 0 bridgehead atoms. The maximum atomic E-state index is 12.0. The second kappa shape index (κ2) is 7.41. The van der Waals surface area contributed by atoms with Gasteiger partial charge in [-0.2, -0.15) is 0 Å². The van der Waals surface area contributed by atoms with E-state index in [9.17, 15) is 19.5 Å². The first-order chi connectivity index (χ1) is 10.6. The van der Waals surface area contributed by atoms with E-state index < -0.39 is 36.5 Å². The lowest BCUT2D eigenvalue weighted by Gasteiger charge is -2.18. The highest BCUT2D eigenvalue weighted by molar-refractivity contribution is 5.93. The van der Waals surface area contributed by atoms with E-state index in [2.05, 4.69) is 21.3 Å². The summed E-state index contributed by atoms with van der Waals surface area (Å²) >= 11 is 0. The summed E-state index contributed by atoms with van der Waals surface area (Å²) < 4.78 is 0. The molecule has 8 heteroatoms. The molecule has 0 aliphatic carbocycles. The van der Waals surface area contributed by atoms with E-state index in [0.29, 0.717) is 6.54 Å². The number of aliphatic hydroxyl groups is 1. The SMILES string of the molecule is O=C1NCC(C(=O)NC(CO)C(=O)NCc2ccccc2)N1. The Hall–Kier alpha value is -2.61. The van der Waals surface area contributed by atoms with E-state index in [1.807, 2.05) is 30.3 Å². The standard InChI is InChI=1S/C14H18N4O4/c19-8-11(17-13(21)10-7-16-14(22)18-10)12(20)15-6-9-4-2-1-3-5-9/h1-5,10-11,19H,6-8H2,(H,15,20)(H,17,21)(H2,16,18,22). The zero-order chi connectivity index (χ0) is 15.9. The highest BCUT2D eigenvalue weighted by Gasteiger charge is 2.29. The predicted octanol–water partition coefficient (Wildman–Crippen LogP) is -1.54. The van der Waals surface area contributed by atoms with Crippen LogP contribution >= 0.6 is 0 Å². The first kappa shape index (κ1) is 15.8. The zero-order valence-electron chi connectivity index (χ0n) is 11.8. The first-order valence-corrected chi connectivity index (χ1v) is 6.87. The monoisotopic (exact) mass is 306 g/mol. The molecule has 22 heavy (non-hydrogen) atoms. The summed E-state index contributed by atoms with van der Waals surface area (Å²) in [7, 11) is 0. The van der Waals surface area contributed by atoms with E-state index in [-0.39, 0.29) is 6.54 Å². The van der Waals surface area contributed by atoms with Crippen LogP contribution in [0.2, 0.25) is 0 Å². The molecule has 1 aliphatic heterocycles. The Morgan fingerprint density at radius 2 is 2.05 bits per heavy atom. The van der Waals surface area contributed by atoms with Gasteiger partial charge in [-0.1, -0.05) is 30.3 Å². The molecule has 0 radical (unpaired) electrons. The summed E-state index contributed by atoms with van der Waals surface area (Å²) in [6.07, 6.45) is 0. The Morgan fingerprint density at radius 3 is 2.64 bits per heavy atom. The van der Waals surface area contributed by atoms with Crippen LogP contribution in [-0.2, 0) is 16.1 Å². The number of benzene rings is 1. The molecule has 2 unspecified atom stereocenters. The fourth-order valence-electron chi connectivity index (χ4n) is 1.99. The number of aliphatic hydroxyl groups excluding tert-OH is 1. The number of carbonyl (C=O) groups excluding carboxylic acids is 3. The molecule has 1 fully saturated rings. The molecule has 0 saturated carbocycles. The van der Waals surface area contributed by atoms with E-state index >= 15 is 0 Å². The van der Waals surface area contributed by atoms with E-state index in [1.54, 1.807) is 0 Å². The molecule has 0 aromatic heterocycles. The van der Waals surface area contributed by atoms with Crippen molar-refractivity contribution < 1.29 is 19.5 Å². The Morgan fingerprint density at radius 1 is 1.32 bits per heavy atom. The number of urea groups is 1. The van der Waals surface area contributed by atoms with Gasteiger partial charge in [0.25, 0.3) is 0 Å². The lowest BCUT2D eigenvalue weighted by Crippen LogP contribution is -2.53. The van der Waals surface area contributed by atoms with Gasteiger partial charge in [-0.05, 0) is 5.56 Å². The maximum absolute atomic E-state index is 12.0. The lowest BCUT2D eigenvalue weighted by atomic mass is 10.2. The Kier molecular flexibility index (Phi) is 5.31. The number of rotatable bonds is 6. The quantitative estimate of drug-likeness (QED) is 0.437. The molecule has 4 amide bonds. The van der Waals surface area contributed by atoms with E-state index in [0.717, 1.165) is 5.56 Å². The number of carbonyl (C=O) groups is 3.